The van der Waals surface area contributed by atoms with Crippen molar-refractivity contribution < 1.29 is 33.6 Å². The zero-order chi connectivity index (χ0) is 36.5. The van der Waals surface area contributed by atoms with Gasteiger partial charge in [-0.2, -0.15) is 0 Å². The summed E-state index contributed by atoms with van der Waals surface area (Å²) in [7, 11) is 0. The van der Waals surface area contributed by atoms with Crippen molar-refractivity contribution in [3.63, 3.8) is 0 Å². The highest BCUT2D eigenvalue weighted by molar-refractivity contribution is 6.02. The number of carbonyl (C=O) groups is 4. The summed E-state index contributed by atoms with van der Waals surface area (Å²) in [5.41, 5.74) is 7.23. The molecule has 2 amide bonds. The monoisotopic (exact) mass is 702 g/mol. The Morgan fingerprint density at radius 2 is 1.06 bits per heavy atom. The molecule has 4 aliphatic heterocycles. The molecular weight excluding hydrogens is 664 g/mol. The normalized spacial score (nSPS) is 18.2. The second kappa shape index (κ2) is 13.9. The number of fused-ring (bicyclic) bond motifs is 2. The quantitative estimate of drug-likeness (QED) is 0.150. The molecule has 2 spiro atoms. The molecule has 0 saturated carbocycles. The van der Waals surface area contributed by atoms with Gasteiger partial charge in [0, 0.05) is 80.8 Å². The van der Waals surface area contributed by atoms with Crippen LogP contribution in [0.5, 0.6) is 11.5 Å². The molecule has 2 fully saturated rings. The van der Waals surface area contributed by atoms with Gasteiger partial charge >= 0.3 is 0 Å². The molecule has 0 unspecified atom stereocenters. The summed E-state index contributed by atoms with van der Waals surface area (Å²) in [6.45, 7) is 2.18. The molecule has 0 atom stereocenters. The van der Waals surface area contributed by atoms with Crippen molar-refractivity contribution in [3.8, 4) is 11.5 Å². The summed E-state index contributed by atoms with van der Waals surface area (Å²) in [6.07, 6.45) is 2.93. The fourth-order valence-electron chi connectivity index (χ4n) is 7.43. The maximum absolute atomic E-state index is 12.6. The Balaban J connectivity index is 0.000000162. The molecule has 4 heterocycles. The number of nitrogens with two attached hydrogens (primary N) is 1. The number of hydrogen-bond acceptors (Lipinski definition) is 9. The molecule has 0 bridgehead atoms. The minimum atomic E-state index is -0.645. The van der Waals surface area contributed by atoms with E-state index in [0.29, 0.717) is 92.2 Å². The largest absolute Gasteiger partial charge is 0.486 e. The van der Waals surface area contributed by atoms with Crippen LogP contribution in [-0.2, 0) is 0 Å². The first-order chi connectivity index (χ1) is 25.0. The van der Waals surface area contributed by atoms with Gasteiger partial charge in [-0.05, 0) is 48.5 Å². The number of benzene rings is 4. The first-order valence-electron chi connectivity index (χ1n) is 17.3. The SMILES string of the molecule is Nc1ccc2c(c1)C(=O)CC1(CCN(C(=O)c3ccccc3)CC1)O2.O=C1CC2(CCN(C(=O)c3ccccc3)CC2)Oc2ccc([N+](=O)[O-])cc21. The van der Waals surface area contributed by atoms with Gasteiger partial charge < -0.3 is 25.0 Å². The van der Waals surface area contributed by atoms with Gasteiger partial charge in [-0.25, -0.2) is 0 Å². The number of likely N-dealkylation sites (tertiary alicyclic amines) is 2. The number of nitrogens with zero attached hydrogens (tertiary/aromatic N) is 3. The lowest BCUT2D eigenvalue weighted by atomic mass is 9.82. The van der Waals surface area contributed by atoms with E-state index in [4.69, 9.17) is 15.2 Å². The Bertz CT molecular complexity index is 2040. The Morgan fingerprint density at radius 1 is 0.635 bits per heavy atom. The van der Waals surface area contributed by atoms with E-state index < -0.39 is 16.1 Å². The third kappa shape index (κ3) is 6.96. The number of nitrogen functional groups attached to an aromatic ring is 1. The van der Waals surface area contributed by atoms with Crippen LogP contribution in [0.1, 0.15) is 80.0 Å². The maximum atomic E-state index is 12.6. The van der Waals surface area contributed by atoms with E-state index in [1.54, 1.807) is 35.2 Å². The lowest BCUT2D eigenvalue weighted by Crippen LogP contribution is -2.52. The molecule has 0 aromatic heterocycles. The van der Waals surface area contributed by atoms with E-state index in [9.17, 15) is 29.3 Å². The molecule has 2 N–H and O–H groups in total. The number of Topliss-reactive ketones (excluding diaryl/α,β-unsaturated/α-hetero) is 2. The van der Waals surface area contributed by atoms with Crippen LogP contribution in [0.2, 0.25) is 0 Å². The molecule has 4 aliphatic rings. The summed E-state index contributed by atoms with van der Waals surface area (Å²) in [5.74, 6) is 0.918. The average molecular weight is 703 g/mol. The van der Waals surface area contributed by atoms with Crippen molar-refractivity contribution in [2.45, 2.75) is 49.7 Å². The van der Waals surface area contributed by atoms with Crippen LogP contribution < -0.4 is 15.2 Å². The van der Waals surface area contributed by atoms with Gasteiger partial charge in [0.2, 0.25) is 0 Å². The van der Waals surface area contributed by atoms with Gasteiger partial charge in [0.1, 0.15) is 22.7 Å². The van der Waals surface area contributed by atoms with Crippen molar-refractivity contribution >= 4 is 34.8 Å². The first kappa shape index (κ1) is 34.4. The van der Waals surface area contributed by atoms with Crippen LogP contribution in [0.4, 0.5) is 11.4 Å². The fourth-order valence-corrected chi connectivity index (χ4v) is 7.43. The molecule has 266 valence electrons. The van der Waals surface area contributed by atoms with Gasteiger partial charge in [-0.15, -0.1) is 0 Å². The van der Waals surface area contributed by atoms with Crippen LogP contribution in [0.25, 0.3) is 0 Å². The van der Waals surface area contributed by atoms with Crippen molar-refractivity contribution in [1.82, 2.24) is 9.80 Å². The topological polar surface area (TPSA) is 162 Å². The number of nitro benzene ring substituents is 1. The summed E-state index contributed by atoms with van der Waals surface area (Å²) in [4.78, 5) is 64.3. The smallest absolute Gasteiger partial charge is 0.270 e. The summed E-state index contributed by atoms with van der Waals surface area (Å²) < 4.78 is 12.3. The van der Waals surface area contributed by atoms with E-state index in [-0.39, 0.29) is 41.1 Å². The highest BCUT2D eigenvalue weighted by Gasteiger charge is 2.45. The summed E-state index contributed by atoms with van der Waals surface area (Å²) >= 11 is 0. The number of hydrogen-bond donors (Lipinski definition) is 1. The second-order valence-electron chi connectivity index (χ2n) is 13.8. The number of carbonyl (C=O) groups excluding carboxylic acids is 4. The van der Waals surface area contributed by atoms with E-state index in [1.165, 1.54) is 18.2 Å². The first-order valence-corrected chi connectivity index (χ1v) is 17.3. The Labute approximate surface area is 300 Å². The lowest BCUT2D eigenvalue weighted by molar-refractivity contribution is -0.384. The molecule has 2 saturated heterocycles. The molecule has 12 heteroatoms. The summed E-state index contributed by atoms with van der Waals surface area (Å²) in [5, 5.41) is 10.9. The predicted octanol–water partition coefficient (Wildman–Crippen LogP) is 6.14. The minimum absolute atomic E-state index is 0.0244. The number of piperidine rings is 2. The third-order valence-corrected chi connectivity index (χ3v) is 10.4. The van der Waals surface area contributed by atoms with Gasteiger partial charge in [0.15, 0.2) is 11.6 Å². The fraction of sp³-hybridized carbons (Fsp3) is 0.300. The van der Waals surface area contributed by atoms with E-state index in [0.717, 1.165) is 0 Å². The highest BCUT2D eigenvalue weighted by atomic mass is 16.6. The Hall–Kier alpha value is -6.04. The number of ketones is 2. The zero-order valence-electron chi connectivity index (χ0n) is 28.5. The molecule has 0 aliphatic carbocycles. The third-order valence-electron chi connectivity index (χ3n) is 10.4. The Morgan fingerprint density at radius 3 is 1.50 bits per heavy atom. The lowest BCUT2D eigenvalue weighted by Gasteiger charge is -2.44. The molecule has 8 rings (SSSR count). The molecule has 0 radical (unpaired) electrons. The van der Waals surface area contributed by atoms with Gasteiger partial charge in [-0.3, -0.25) is 29.3 Å². The van der Waals surface area contributed by atoms with Gasteiger partial charge in [0.05, 0.1) is 28.9 Å². The average Bonchev–Trinajstić information content (AvgIpc) is 3.16. The van der Waals surface area contributed by atoms with Crippen LogP contribution in [-0.4, -0.2) is 75.5 Å². The maximum Gasteiger partial charge on any atom is 0.270 e. The molecule has 12 nitrogen and oxygen atoms in total. The van der Waals surface area contributed by atoms with Crippen molar-refractivity contribution in [2.24, 2.45) is 0 Å². The van der Waals surface area contributed by atoms with Crippen LogP contribution in [0, 0.1) is 10.1 Å². The van der Waals surface area contributed by atoms with Gasteiger partial charge in [0.25, 0.3) is 17.5 Å². The van der Waals surface area contributed by atoms with Crippen LogP contribution in [0.3, 0.4) is 0 Å². The zero-order valence-corrected chi connectivity index (χ0v) is 28.5. The van der Waals surface area contributed by atoms with E-state index in [1.807, 2.05) is 53.4 Å². The number of anilines is 1. The van der Waals surface area contributed by atoms with Crippen LogP contribution in [0.15, 0.2) is 97.1 Å². The standard InChI is InChI=1S/C20H18N2O5.C20H20N2O3/c23-17-13-20(27-18-7-6-15(22(25)26)12-16(17)18)8-10-21(11-9-20)19(24)14-4-2-1-3-5-14;21-15-6-7-18-16(12-15)17(23)13-20(25-18)8-10-22(11-9-20)19(24)14-4-2-1-3-5-14/h1-7,12H,8-11,13H2;1-7,12H,8-11,13,21H2. The number of amides is 2. The van der Waals surface area contributed by atoms with E-state index >= 15 is 0 Å². The number of nitro groups is 1. The van der Waals surface area contributed by atoms with Crippen molar-refractivity contribution in [3.05, 3.63) is 129 Å². The molecule has 4 aromatic rings. The second-order valence-corrected chi connectivity index (χ2v) is 13.8. The van der Waals surface area contributed by atoms with Crippen LogP contribution >= 0.6 is 0 Å². The minimum Gasteiger partial charge on any atom is -0.486 e. The van der Waals surface area contributed by atoms with Crippen molar-refractivity contribution in [2.75, 3.05) is 31.9 Å². The summed E-state index contributed by atoms with van der Waals surface area (Å²) in [6, 6.07) is 27.7. The van der Waals surface area contributed by atoms with Gasteiger partial charge in [-0.1, -0.05) is 36.4 Å². The van der Waals surface area contributed by atoms with Crippen molar-refractivity contribution in [1.29, 1.82) is 0 Å². The number of non-ortho nitro benzene ring substituents is 1. The predicted molar refractivity (Wildman–Crippen MR) is 192 cm³/mol. The molecular formula is C40H38N4O8. The molecule has 4 aromatic carbocycles. The Kier molecular flexibility index (Phi) is 9.22. The highest BCUT2D eigenvalue weighted by Crippen LogP contribution is 2.42. The van der Waals surface area contributed by atoms with E-state index in [2.05, 4.69) is 0 Å². The number of rotatable bonds is 3. The molecule has 52 heavy (non-hydrogen) atoms. The number of ether oxygens (including phenoxy) is 2.